The maximum Gasteiger partial charge on any atom is 0.201 e. The molecule has 98 valence electrons. The van der Waals surface area contributed by atoms with E-state index in [0.717, 1.165) is 18.4 Å². The molecule has 4 nitrogen and oxygen atoms in total. The molecule has 4 N–H and O–H groups in total. The number of anilines is 1. The molecule has 1 aromatic carbocycles. The lowest BCUT2D eigenvalue weighted by atomic mass is 9.94. The van der Waals surface area contributed by atoms with Gasteiger partial charge in [-0.15, -0.1) is 0 Å². The molecular weight excluding hydrogens is 231 g/mol. The minimum absolute atomic E-state index is 0.232. The first-order valence-electron chi connectivity index (χ1n) is 6.24. The number of hydrogen-bond acceptors (Lipinski definition) is 3. The van der Waals surface area contributed by atoms with Gasteiger partial charge in [0.15, 0.2) is 0 Å². The zero-order valence-electron chi connectivity index (χ0n) is 10.8. The van der Waals surface area contributed by atoms with E-state index in [1.54, 1.807) is 6.07 Å². The Kier molecular flexibility index (Phi) is 3.52. The standard InChI is InChI=1S/C13H19FN4/c1-3-13(15,4-2)8-16-12-17-10-6-5-9(14)7-11(10)18-12/h5-7H,3-4,8,15H2,1-2H3,(H2,16,17,18). The summed E-state index contributed by atoms with van der Waals surface area (Å²) in [7, 11) is 0. The Hall–Kier alpha value is -1.62. The van der Waals surface area contributed by atoms with Crippen molar-refractivity contribution < 1.29 is 4.39 Å². The summed E-state index contributed by atoms with van der Waals surface area (Å²) in [6, 6.07) is 4.49. The highest BCUT2D eigenvalue weighted by molar-refractivity contribution is 5.77. The number of H-pyrrole nitrogens is 1. The van der Waals surface area contributed by atoms with Crippen LogP contribution in [0.2, 0.25) is 0 Å². The number of nitrogens with two attached hydrogens (primary N) is 1. The van der Waals surface area contributed by atoms with Crippen LogP contribution in [-0.2, 0) is 0 Å². The number of aromatic amines is 1. The molecule has 0 bridgehead atoms. The number of halogens is 1. The highest BCUT2D eigenvalue weighted by atomic mass is 19.1. The molecule has 18 heavy (non-hydrogen) atoms. The predicted molar refractivity (Wildman–Crippen MR) is 72.0 cm³/mol. The van der Waals surface area contributed by atoms with Crippen molar-refractivity contribution in [3.8, 4) is 0 Å². The van der Waals surface area contributed by atoms with Gasteiger partial charge in [-0.25, -0.2) is 9.37 Å². The van der Waals surface area contributed by atoms with Crippen molar-refractivity contribution in [1.82, 2.24) is 9.97 Å². The minimum Gasteiger partial charge on any atom is -0.354 e. The van der Waals surface area contributed by atoms with Gasteiger partial charge in [0.25, 0.3) is 0 Å². The average Bonchev–Trinajstić information content (AvgIpc) is 2.78. The number of fused-ring (bicyclic) bond motifs is 1. The third-order valence-corrected chi connectivity index (χ3v) is 3.46. The first-order chi connectivity index (χ1) is 8.56. The maximum absolute atomic E-state index is 13.0. The van der Waals surface area contributed by atoms with Crippen molar-refractivity contribution in [2.45, 2.75) is 32.2 Å². The number of rotatable bonds is 5. The van der Waals surface area contributed by atoms with Gasteiger partial charge in [-0.3, -0.25) is 0 Å². The van der Waals surface area contributed by atoms with E-state index in [1.807, 2.05) is 0 Å². The molecule has 0 aliphatic carbocycles. The molecule has 2 rings (SSSR count). The van der Waals surface area contributed by atoms with Crippen molar-refractivity contribution in [3.63, 3.8) is 0 Å². The Morgan fingerprint density at radius 2 is 2.11 bits per heavy atom. The average molecular weight is 250 g/mol. The van der Waals surface area contributed by atoms with Crippen LogP contribution in [0.15, 0.2) is 18.2 Å². The number of nitrogens with one attached hydrogen (secondary N) is 2. The molecule has 2 aromatic rings. The Morgan fingerprint density at radius 3 is 2.78 bits per heavy atom. The van der Waals surface area contributed by atoms with E-state index in [-0.39, 0.29) is 11.4 Å². The topological polar surface area (TPSA) is 66.7 Å². The lowest BCUT2D eigenvalue weighted by Crippen LogP contribution is -2.45. The van der Waals surface area contributed by atoms with Crippen LogP contribution in [0.4, 0.5) is 10.3 Å². The third-order valence-electron chi connectivity index (χ3n) is 3.46. The van der Waals surface area contributed by atoms with Crippen LogP contribution in [0.25, 0.3) is 11.0 Å². The molecule has 0 radical (unpaired) electrons. The number of nitrogens with zero attached hydrogens (tertiary/aromatic N) is 1. The Balaban J connectivity index is 2.13. The molecule has 0 amide bonds. The van der Waals surface area contributed by atoms with Crippen molar-refractivity contribution in [3.05, 3.63) is 24.0 Å². The highest BCUT2D eigenvalue weighted by Crippen LogP contribution is 2.17. The monoisotopic (exact) mass is 250 g/mol. The van der Waals surface area contributed by atoms with Gasteiger partial charge in [0.05, 0.1) is 11.0 Å². The minimum atomic E-state index is -0.270. The van der Waals surface area contributed by atoms with E-state index in [4.69, 9.17) is 5.73 Å². The lowest BCUT2D eigenvalue weighted by Gasteiger charge is -2.26. The summed E-state index contributed by atoms with van der Waals surface area (Å²) in [4.78, 5) is 7.38. The molecule has 0 atom stereocenters. The van der Waals surface area contributed by atoms with Gasteiger partial charge in [-0.2, -0.15) is 0 Å². The van der Waals surface area contributed by atoms with Gasteiger partial charge in [-0.05, 0) is 31.0 Å². The van der Waals surface area contributed by atoms with Gasteiger partial charge < -0.3 is 16.0 Å². The second-order valence-electron chi connectivity index (χ2n) is 4.67. The molecule has 0 aliphatic heterocycles. The van der Waals surface area contributed by atoms with E-state index in [0.29, 0.717) is 18.0 Å². The van der Waals surface area contributed by atoms with Crippen molar-refractivity contribution in [1.29, 1.82) is 0 Å². The number of hydrogen-bond donors (Lipinski definition) is 3. The molecule has 1 heterocycles. The summed E-state index contributed by atoms with van der Waals surface area (Å²) in [5.74, 6) is 0.361. The second-order valence-corrected chi connectivity index (χ2v) is 4.67. The Labute approximate surface area is 106 Å². The number of aromatic nitrogens is 2. The quantitative estimate of drug-likeness (QED) is 0.764. The van der Waals surface area contributed by atoms with Gasteiger partial charge in [0.1, 0.15) is 5.82 Å². The van der Waals surface area contributed by atoms with Crippen LogP contribution in [0.3, 0.4) is 0 Å². The van der Waals surface area contributed by atoms with Crippen LogP contribution in [0.5, 0.6) is 0 Å². The molecule has 0 saturated carbocycles. The third kappa shape index (κ3) is 2.61. The van der Waals surface area contributed by atoms with Gasteiger partial charge >= 0.3 is 0 Å². The predicted octanol–water partition coefficient (Wildman–Crippen LogP) is 2.63. The number of benzene rings is 1. The summed E-state index contributed by atoms with van der Waals surface area (Å²) in [6.45, 7) is 4.78. The van der Waals surface area contributed by atoms with Crippen molar-refractivity contribution in [2.75, 3.05) is 11.9 Å². The molecular formula is C13H19FN4. The molecule has 0 unspecified atom stereocenters. The summed E-state index contributed by atoms with van der Waals surface area (Å²) < 4.78 is 13.0. The normalized spacial score (nSPS) is 12.0. The van der Waals surface area contributed by atoms with Crippen LogP contribution in [0, 0.1) is 5.82 Å². The zero-order valence-corrected chi connectivity index (χ0v) is 10.8. The molecule has 0 fully saturated rings. The van der Waals surface area contributed by atoms with E-state index < -0.39 is 0 Å². The summed E-state index contributed by atoms with van der Waals surface area (Å²) >= 11 is 0. The molecule has 0 spiro atoms. The maximum atomic E-state index is 13.0. The van der Waals surface area contributed by atoms with E-state index >= 15 is 0 Å². The van der Waals surface area contributed by atoms with E-state index in [2.05, 4.69) is 29.1 Å². The SMILES string of the molecule is CCC(N)(CC)CNc1nc2ccc(F)cc2[nH]1. The van der Waals surface area contributed by atoms with Crippen molar-refractivity contribution in [2.24, 2.45) is 5.73 Å². The van der Waals surface area contributed by atoms with E-state index in [9.17, 15) is 4.39 Å². The molecule has 0 aliphatic rings. The van der Waals surface area contributed by atoms with E-state index in [1.165, 1.54) is 12.1 Å². The fourth-order valence-electron chi connectivity index (χ4n) is 1.83. The Bertz CT molecular complexity index is 531. The smallest absolute Gasteiger partial charge is 0.201 e. The van der Waals surface area contributed by atoms with Crippen LogP contribution in [0.1, 0.15) is 26.7 Å². The largest absolute Gasteiger partial charge is 0.354 e. The Morgan fingerprint density at radius 1 is 1.39 bits per heavy atom. The molecule has 0 saturated heterocycles. The van der Waals surface area contributed by atoms with Crippen molar-refractivity contribution >= 4 is 17.0 Å². The first-order valence-corrected chi connectivity index (χ1v) is 6.24. The summed E-state index contributed by atoms with van der Waals surface area (Å²) in [6.07, 6.45) is 1.79. The van der Waals surface area contributed by atoms with Crippen LogP contribution < -0.4 is 11.1 Å². The fraction of sp³-hybridized carbons (Fsp3) is 0.462. The van der Waals surface area contributed by atoms with Gasteiger partial charge in [-0.1, -0.05) is 13.8 Å². The second kappa shape index (κ2) is 4.94. The molecule has 1 aromatic heterocycles. The lowest BCUT2D eigenvalue weighted by molar-refractivity contribution is 0.417. The fourth-order valence-corrected chi connectivity index (χ4v) is 1.83. The highest BCUT2D eigenvalue weighted by Gasteiger charge is 2.20. The molecule has 5 heteroatoms. The van der Waals surface area contributed by atoms with Crippen LogP contribution in [-0.4, -0.2) is 22.1 Å². The first kappa shape index (κ1) is 12.8. The number of imidazole rings is 1. The van der Waals surface area contributed by atoms with Gasteiger partial charge in [0, 0.05) is 12.1 Å². The van der Waals surface area contributed by atoms with Gasteiger partial charge in [0.2, 0.25) is 5.95 Å². The van der Waals surface area contributed by atoms with Crippen LogP contribution >= 0.6 is 0 Å². The zero-order chi connectivity index (χ0) is 13.2. The summed E-state index contributed by atoms with van der Waals surface area (Å²) in [5.41, 5.74) is 7.40. The summed E-state index contributed by atoms with van der Waals surface area (Å²) in [5, 5.41) is 3.18.